The highest BCUT2D eigenvalue weighted by molar-refractivity contribution is 6.17. The van der Waals surface area contributed by atoms with Gasteiger partial charge in [-0.2, -0.15) is 0 Å². The quantitative estimate of drug-likeness (QED) is 0.241. The number of unbranched alkanes of at least 4 members (excludes halogenated alkanes) is 5. The summed E-state index contributed by atoms with van der Waals surface area (Å²) in [4.78, 5) is 22.9. The third-order valence-electron chi connectivity index (χ3n) is 3.51. The Morgan fingerprint density at radius 3 is 1.87 bits per heavy atom. The van der Waals surface area contributed by atoms with Gasteiger partial charge in [0.05, 0.1) is 13.2 Å². The monoisotopic (exact) mass is 348 g/mol. The largest absolute Gasteiger partial charge is 0.466 e. The smallest absolute Gasteiger partial charge is 0.305 e. The first kappa shape index (κ1) is 22.2. The zero-order valence-electron chi connectivity index (χ0n) is 14.8. The molecule has 0 amide bonds. The normalized spacial score (nSPS) is 10.8. The number of carbonyl (C=O) groups excluding carboxylic acids is 2. The molecule has 0 aliphatic rings. The van der Waals surface area contributed by atoms with E-state index in [-0.39, 0.29) is 24.8 Å². The molecule has 23 heavy (non-hydrogen) atoms. The number of esters is 2. The summed E-state index contributed by atoms with van der Waals surface area (Å²) in [6, 6.07) is 0. The van der Waals surface area contributed by atoms with Crippen LogP contribution < -0.4 is 0 Å². The van der Waals surface area contributed by atoms with E-state index in [9.17, 15) is 9.59 Å². The van der Waals surface area contributed by atoms with Crippen LogP contribution in [0.15, 0.2) is 0 Å². The van der Waals surface area contributed by atoms with Gasteiger partial charge in [-0.05, 0) is 31.6 Å². The number of carbonyl (C=O) groups is 2. The van der Waals surface area contributed by atoms with Crippen molar-refractivity contribution in [1.29, 1.82) is 0 Å². The highest BCUT2D eigenvalue weighted by Gasteiger charge is 2.07. The predicted molar refractivity (Wildman–Crippen MR) is 93.6 cm³/mol. The minimum Gasteiger partial charge on any atom is -0.466 e. The Morgan fingerprint density at radius 2 is 1.30 bits per heavy atom. The number of ether oxygens (including phenoxy) is 2. The van der Waals surface area contributed by atoms with Crippen molar-refractivity contribution in [2.45, 2.75) is 78.1 Å². The third-order valence-corrected chi connectivity index (χ3v) is 3.78. The number of rotatable bonds is 15. The van der Waals surface area contributed by atoms with Gasteiger partial charge in [-0.1, -0.05) is 39.5 Å². The highest BCUT2D eigenvalue weighted by Crippen LogP contribution is 2.07. The lowest BCUT2D eigenvalue weighted by molar-refractivity contribution is -0.145. The van der Waals surface area contributed by atoms with Gasteiger partial charge in [0, 0.05) is 18.7 Å². The Kier molecular flexibility index (Phi) is 15.6. The summed E-state index contributed by atoms with van der Waals surface area (Å²) in [5.74, 6) is 0.818. The fourth-order valence-corrected chi connectivity index (χ4v) is 2.21. The van der Waals surface area contributed by atoms with Crippen molar-refractivity contribution >= 4 is 23.5 Å². The van der Waals surface area contributed by atoms with Crippen molar-refractivity contribution in [3.63, 3.8) is 0 Å². The summed E-state index contributed by atoms with van der Waals surface area (Å²) in [7, 11) is 0. The third kappa shape index (κ3) is 17.4. The van der Waals surface area contributed by atoms with Gasteiger partial charge in [-0.25, -0.2) is 0 Å². The second-order valence-corrected chi connectivity index (χ2v) is 6.67. The van der Waals surface area contributed by atoms with Crippen LogP contribution in [0.3, 0.4) is 0 Å². The summed E-state index contributed by atoms with van der Waals surface area (Å²) in [5, 5.41) is 0. The molecular formula is C18H33ClO4. The number of halogens is 1. The van der Waals surface area contributed by atoms with Crippen LogP contribution in [-0.4, -0.2) is 31.0 Å². The van der Waals surface area contributed by atoms with Crippen LogP contribution in [0.4, 0.5) is 0 Å². The van der Waals surface area contributed by atoms with Gasteiger partial charge in [-0.3, -0.25) is 9.59 Å². The molecule has 0 aromatic carbocycles. The van der Waals surface area contributed by atoms with Gasteiger partial charge in [0.25, 0.3) is 0 Å². The molecule has 0 saturated carbocycles. The molecule has 0 fully saturated rings. The molecule has 0 spiro atoms. The summed E-state index contributed by atoms with van der Waals surface area (Å²) in [6.07, 6.45) is 8.55. The first-order valence-corrected chi connectivity index (χ1v) is 9.47. The van der Waals surface area contributed by atoms with E-state index >= 15 is 0 Å². The molecule has 5 heteroatoms. The van der Waals surface area contributed by atoms with Gasteiger partial charge in [-0.15, -0.1) is 11.6 Å². The van der Waals surface area contributed by atoms with Gasteiger partial charge in [0.2, 0.25) is 0 Å². The molecule has 0 saturated heterocycles. The lowest BCUT2D eigenvalue weighted by Crippen LogP contribution is -2.10. The maximum Gasteiger partial charge on any atom is 0.305 e. The molecule has 0 bridgehead atoms. The van der Waals surface area contributed by atoms with Gasteiger partial charge < -0.3 is 9.47 Å². The van der Waals surface area contributed by atoms with Gasteiger partial charge >= 0.3 is 11.9 Å². The van der Waals surface area contributed by atoms with E-state index in [0.717, 1.165) is 38.0 Å². The first-order valence-electron chi connectivity index (χ1n) is 8.93. The van der Waals surface area contributed by atoms with Crippen molar-refractivity contribution in [2.75, 3.05) is 19.1 Å². The zero-order chi connectivity index (χ0) is 17.3. The van der Waals surface area contributed by atoms with Crippen LogP contribution in [0.2, 0.25) is 0 Å². The second kappa shape index (κ2) is 16.1. The molecule has 0 N–H and O–H groups in total. The van der Waals surface area contributed by atoms with Crippen molar-refractivity contribution in [3.8, 4) is 0 Å². The lowest BCUT2D eigenvalue weighted by Gasteiger charge is -2.07. The molecule has 0 aromatic rings. The molecular weight excluding hydrogens is 316 g/mol. The summed E-state index contributed by atoms with van der Waals surface area (Å²) < 4.78 is 10.2. The number of hydrogen-bond acceptors (Lipinski definition) is 4. The summed E-state index contributed by atoms with van der Waals surface area (Å²) >= 11 is 5.61. The van der Waals surface area contributed by atoms with Crippen LogP contribution >= 0.6 is 11.6 Å². The van der Waals surface area contributed by atoms with E-state index in [4.69, 9.17) is 21.1 Å². The highest BCUT2D eigenvalue weighted by atomic mass is 35.5. The van der Waals surface area contributed by atoms with Crippen LogP contribution in [0.5, 0.6) is 0 Å². The number of hydrogen-bond donors (Lipinski definition) is 0. The second-order valence-electron chi connectivity index (χ2n) is 6.29. The Bertz CT molecular complexity index is 305. The van der Waals surface area contributed by atoms with Crippen molar-refractivity contribution in [2.24, 2.45) is 5.92 Å². The minimum absolute atomic E-state index is 0.220. The SMILES string of the molecule is CC(C)CCOC(=O)CCCC(=O)OCCCCCCCCCl. The maximum absolute atomic E-state index is 11.5. The van der Waals surface area contributed by atoms with Crippen LogP contribution in [0, 0.1) is 5.92 Å². The molecule has 136 valence electrons. The van der Waals surface area contributed by atoms with E-state index in [1.54, 1.807) is 0 Å². The van der Waals surface area contributed by atoms with Crippen LogP contribution in [-0.2, 0) is 19.1 Å². The van der Waals surface area contributed by atoms with E-state index < -0.39 is 0 Å². The van der Waals surface area contributed by atoms with Crippen molar-refractivity contribution < 1.29 is 19.1 Å². The zero-order valence-corrected chi connectivity index (χ0v) is 15.5. The van der Waals surface area contributed by atoms with Gasteiger partial charge in [0.15, 0.2) is 0 Å². The molecule has 0 rings (SSSR count). The minimum atomic E-state index is -0.226. The van der Waals surface area contributed by atoms with E-state index in [1.807, 2.05) is 0 Å². The summed E-state index contributed by atoms with van der Waals surface area (Å²) in [6.45, 7) is 5.12. The van der Waals surface area contributed by atoms with E-state index in [0.29, 0.717) is 25.6 Å². The standard InChI is InChI=1S/C18H33ClO4/c1-16(2)12-15-23-18(21)11-9-10-17(20)22-14-8-6-4-3-5-7-13-19/h16H,3-15H2,1-2H3. The maximum atomic E-state index is 11.5. The predicted octanol–water partition coefficient (Wildman–Crippen LogP) is 4.87. The Labute approximate surface area is 146 Å². The van der Waals surface area contributed by atoms with Crippen molar-refractivity contribution in [1.82, 2.24) is 0 Å². The molecule has 0 heterocycles. The molecule has 0 radical (unpaired) electrons. The molecule has 0 aromatic heterocycles. The molecule has 0 aliphatic carbocycles. The Hall–Kier alpha value is -0.770. The molecule has 0 atom stereocenters. The van der Waals surface area contributed by atoms with E-state index in [1.165, 1.54) is 12.8 Å². The fourth-order valence-electron chi connectivity index (χ4n) is 2.02. The van der Waals surface area contributed by atoms with Crippen LogP contribution in [0.1, 0.15) is 78.1 Å². The number of alkyl halides is 1. The van der Waals surface area contributed by atoms with Crippen molar-refractivity contribution in [3.05, 3.63) is 0 Å². The fraction of sp³-hybridized carbons (Fsp3) is 0.889. The summed E-state index contributed by atoms with van der Waals surface area (Å²) in [5.41, 5.74) is 0. The molecule has 4 nitrogen and oxygen atoms in total. The average Bonchev–Trinajstić information content (AvgIpc) is 2.49. The Balaban J connectivity index is 3.35. The molecule has 0 aliphatic heterocycles. The lowest BCUT2D eigenvalue weighted by atomic mass is 10.1. The Morgan fingerprint density at radius 1 is 0.783 bits per heavy atom. The van der Waals surface area contributed by atoms with E-state index in [2.05, 4.69) is 13.8 Å². The van der Waals surface area contributed by atoms with Crippen LogP contribution in [0.25, 0.3) is 0 Å². The average molecular weight is 349 g/mol. The van der Waals surface area contributed by atoms with Gasteiger partial charge in [0.1, 0.15) is 0 Å². The topological polar surface area (TPSA) is 52.6 Å². The molecule has 0 unspecified atom stereocenters. The first-order chi connectivity index (χ1) is 11.1.